The van der Waals surface area contributed by atoms with Crippen LogP contribution in [0.2, 0.25) is 0 Å². The molecule has 0 bridgehead atoms. The van der Waals surface area contributed by atoms with E-state index in [1.54, 1.807) is 12.1 Å². The number of benzene rings is 1. The van der Waals surface area contributed by atoms with Crippen molar-refractivity contribution in [2.24, 2.45) is 0 Å². The number of hydrogen-bond acceptors (Lipinski definition) is 1. The van der Waals surface area contributed by atoms with Crippen LogP contribution in [0.25, 0.3) is 10.9 Å². The van der Waals surface area contributed by atoms with Gasteiger partial charge in [0.1, 0.15) is 0 Å². The van der Waals surface area contributed by atoms with Gasteiger partial charge in [-0.15, -0.1) is 0 Å². The molecule has 0 aliphatic carbocycles. The van der Waals surface area contributed by atoms with Gasteiger partial charge < -0.3 is 9.67 Å². The topological polar surface area (TPSA) is 42.2 Å². The van der Waals surface area contributed by atoms with Crippen molar-refractivity contribution in [1.82, 2.24) is 4.57 Å². The lowest BCUT2D eigenvalue weighted by atomic mass is 10.1. The third kappa shape index (κ3) is 1.11. The fourth-order valence-corrected chi connectivity index (χ4v) is 2.69. The molecule has 2 heterocycles. The van der Waals surface area contributed by atoms with E-state index < -0.39 is 5.97 Å². The highest BCUT2D eigenvalue weighted by Gasteiger charge is 2.19. The predicted molar refractivity (Wildman–Crippen MR) is 62.0 cm³/mol. The molecule has 3 nitrogen and oxygen atoms in total. The van der Waals surface area contributed by atoms with Crippen LogP contribution in [0.1, 0.15) is 28.0 Å². The first-order chi connectivity index (χ1) is 7.68. The number of hydrogen-bond donors (Lipinski definition) is 1. The SMILES string of the molecule is Cc1c2n(c3cc(C(=O)O)ccc13)CCC2. The average Bonchev–Trinajstić information content (AvgIpc) is 2.83. The summed E-state index contributed by atoms with van der Waals surface area (Å²) in [7, 11) is 0. The number of aryl methyl sites for hydroxylation is 2. The zero-order valence-corrected chi connectivity index (χ0v) is 9.16. The van der Waals surface area contributed by atoms with Gasteiger partial charge in [-0.05, 0) is 37.5 Å². The van der Waals surface area contributed by atoms with E-state index in [4.69, 9.17) is 5.11 Å². The molecule has 82 valence electrons. The highest BCUT2D eigenvalue weighted by atomic mass is 16.4. The summed E-state index contributed by atoms with van der Waals surface area (Å²) in [6.45, 7) is 3.14. The van der Waals surface area contributed by atoms with Gasteiger partial charge in [0, 0.05) is 23.1 Å². The molecule has 0 atom stereocenters. The molecule has 2 aromatic rings. The number of aromatic nitrogens is 1. The number of carboxylic acids is 1. The second-order valence-electron chi connectivity index (χ2n) is 4.36. The summed E-state index contributed by atoms with van der Waals surface area (Å²) in [6.07, 6.45) is 2.28. The maximum Gasteiger partial charge on any atom is 0.335 e. The molecule has 0 radical (unpaired) electrons. The Morgan fingerprint density at radius 2 is 2.25 bits per heavy atom. The van der Waals surface area contributed by atoms with E-state index in [0.29, 0.717) is 5.56 Å². The van der Waals surface area contributed by atoms with Crippen LogP contribution in [-0.2, 0) is 13.0 Å². The summed E-state index contributed by atoms with van der Waals surface area (Å²) < 4.78 is 2.26. The van der Waals surface area contributed by atoms with Gasteiger partial charge in [0.25, 0.3) is 0 Å². The minimum atomic E-state index is -0.854. The second kappa shape index (κ2) is 3.11. The number of nitrogens with zero attached hydrogens (tertiary/aromatic N) is 1. The molecule has 1 aliphatic rings. The molecule has 1 aromatic heterocycles. The van der Waals surface area contributed by atoms with Crippen molar-refractivity contribution < 1.29 is 9.90 Å². The standard InChI is InChI=1S/C13H13NO2/c1-8-10-5-4-9(13(15)16)7-12(10)14-6-2-3-11(8)14/h4-5,7H,2-3,6H2,1H3,(H,15,16). The van der Waals surface area contributed by atoms with E-state index in [0.717, 1.165) is 18.5 Å². The third-order valence-electron chi connectivity index (χ3n) is 3.49. The van der Waals surface area contributed by atoms with Crippen molar-refractivity contribution in [1.29, 1.82) is 0 Å². The predicted octanol–water partition coefficient (Wildman–Crippen LogP) is 2.59. The van der Waals surface area contributed by atoms with E-state index in [-0.39, 0.29) is 0 Å². The van der Waals surface area contributed by atoms with Crippen LogP contribution in [0.3, 0.4) is 0 Å². The Labute approximate surface area is 93.3 Å². The van der Waals surface area contributed by atoms with Crippen LogP contribution in [0.5, 0.6) is 0 Å². The summed E-state index contributed by atoms with van der Waals surface area (Å²) >= 11 is 0. The Kier molecular flexibility index (Phi) is 1.84. The zero-order chi connectivity index (χ0) is 11.3. The quantitative estimate of drug-likeness (QED) is 0.794. The minimum absolute atomic E-state index is 0.375. The summed E-state index contributed by atoms with van der Waals surface area (Å²) in [4.78, 5) is 10.9. The van der Waals surface area contributed by atoms with E-state index in [1.165, 1.54) is 23.1 Å². The van der Waals surface area contributed by atoms with Gasteiger partial charge in [-0.2, -0.15) is 0 Å². The minimum Gasteiger partial charge on any atom is -0.478 e. The second-order valence-corrected chi connectivity index (χ2v) is 4.36. The Bertz CT molecular complexity index is 595. The zero-order valence-electron chi connectivity index (χ0n) is 9.16. The molecule has 0 spiro atoms. The first kappa shape index (κ1) is 9.46. The van der Waals surface area contributed by atoms with E-state index >= 15 is 0 Å². The normalized spacial score (nSPS) is 14.3. The van der Waals surface area contributed by atoms with Crippen molar-refractivity contribution >= 4 is 16.9 Å². The van der Waals surface area contributed by atoms with Crippen molar-refractivity contribution in [2.45, 2.75) is 26.3 Å². The van der Waals surface area contributed by atoms with Crippen LogP contribution in [0.15, 0.2) is 18.2 Å². The Hall–Kier alpha value is -1.77. The van der Waals surface area contributed by atoms with Crippen LogP contribution < -0.4 is 0 Å². The largest absolute Gasteiger partial charge is 0.478 e. The lowest BCUT2D eigenvalue weighted by molar-refractivity contribution is 0.0697. The number of carbonyl (C=O) groups is 1. The Morgan fingerprint density at radius 3 is 3.00 bits per heavy atom. The van der Waals surface area contributed by atoms with Gasteiger partial charge >= 0.3 is 5.97 Å². The number of fused-ring (bicyclic) bond motifs is 3. The highest BCUT2D eigenvalue weighted by Crippen LogP contribution is 2.31. The molecular weight excluding hydrogens is 202 g/mol. The van der Waals surface area contributed by atoms with E-state index in [9.17, 15) is 4.79 Å². The van der Waals surface area contributed by atoms with Gasteiger partial charge in [-0.3, -0.25) is 0 Å². The molecule has 0 amide bonds. The molecule has 1 aliphatic heterocycles. The summed E-state index contributed by atoms with van der Waals surface area (Å²) in [5.41, 5.74) is 4.13. The maximum atomic E-state index is 10.9. The molecule has 0 saturated heterocycles. The van der Waals surface area contributed by atoms with Crippen LogP contribution in [0, 0.1) is 6.92 Å². The van der Waals surface area contributed by atoms with Crippen molar-refractivity contribution in [2.75, 3.05) is 0 Å². The number of rotatable bonds is 1. The third-order valence-corrected chi connectivity index (χ3v) is 3.49. The smallest absolute Gasteiger partial charge is 0.335 e. The molecular formula is C13H13NO2. The maximum absolute atomic E-state index is 10.9. The fraction of sp³-hybridized carbons (Fsp3) is 0.308. The molecule has 3 heteroatoms. The highest BCUT2D eigenvalue weighted by molar-refractivity contribution is 5.95. The average molecular weight is 215 g/mol. The molecule has 3 rings (SSSR count). The van der Waals surface area contributed by atoms with Gasteiger partial charge in [0.15, 0.2) is 0 Å². The van der Waals surface area contributed by atoms with Gasteiger partial charge in [0.2, 0.25) is 0 Å². The van der Waals surface area contributed by atoms with Crippen molar-refractivity contribution in [3.05, 3.63) is 35.0 Å². The number of aromatic carboxylic acids is 1. The van der Waals surface area contributed by atoms with Gasteiger partial charge in [0.05, 0.1) is 5.56 Å². The lowest BCUT2D eigenvalue weighted by Crippen LogP contribution is -1.97. The van der Waals surface area contributed by atoms with Crippen LogP contribution in [-0.4, -0.2) is 15.6 Å². The molecule has 1 N–H and O–H groups in total. The fourth-order valence-electron chi connectivity index (χ4n) is 2.69. The van der Waals surface area contributed by atoms with Crippen LogP contribution in [0.4, 0.5) is 0 Å². The molecule has 0 saturated carbocycles. The van der Waals surface area contributed by atoms with E-state index in [1.807, 2.05) is 6.07 Å². The van der Waals surface area contributed by atoms with Gasteiger partial charge in [-0.1, -0.05) is 6.07 Å². The Balaban J connectivity index is 2.35. The summed E-state index contributed by atoms with van der Waals surface area (Å²) in [5.74, 6) is -0.854. The summed E-state index contributed by atoms with van der Waals surface area (Å²) in [5, 5.41) is 10.2. The number of carboxylic acid groups (broad SMARTS) is 1. The summed E-state index contributed by atoms with van der Waals surface area (Å²) in [6, 6.07) is 5.41. The molecule has 0 fully saturated rings. The lowest BCUT2D eigenvalue weighted by Gasteiger charge is -2.01. The van der Waals surface area contributed by atoms with E-state index in [2.05, 4.69) is 11.5 Å². The molecule has 1 aromatic carbocycles. The van der Waals surface area contributed by atoms with Gasteiger partial charge in [-0.25, -0.2) is 4.79 Å². The van der Waals surface area contributed by atoms with Crippen molar-refractivity contribution in [3.63, 3.8) is 0 Å². The molecule has 0 unspecified atom stereocenters. The van der Waals surface area contributed by atoms with Crippen molar-refractivity contribution in [3.8, 4) is 0 Å². The first-order valence-corrected chi connectivity index (χ1v) is 5.53. The van der Waals surface area contributed by atoms with Crippen LogP contribution >= 0.6 is 0 Å². The first-order valence-electron chi connectivity index (χ1n) is 5.53. The monoisotopic (exact) mass is 215 g/mol. The molecule has 16 heavy (non-hydrogen) atoms. The Morgan fingerprint density at radius 1 is 1.44 bits per heavy atom.